The Bertz CT molecular complexity index is 368. The Morgan fingerprint density at radius 1 is 1.25 bits per heavy atom. The SMILES string of the molecule is Cc1ccc(CNCCCN(C)C2CCCCC2)cn1. The lowest BCUT2D eigenvalue weighted by Gasteiger charge is -2.31. The van der Waals surface area contributed by atoms with Gasteiger partial charge in [-0.1, -0.05) is 25.3 Å². The van der Waals surface area contributed by atoms with E-state index in [0.29, 0.717) is 0 Å². The Morgan fingerprint density at radius 3 is 2.75 bits per heavy atom. The van der Waals surface area contributed by atoms with E-state index in [1.54, 1.807) is 0 Å². The van der Waals surface area contributed by atoms with E-state index < -0.39 is 0 Å². The van der Waals surface area contributed by atoms with E-state index in [9.17, 15) is 0 Å². The van der Waals surface area contributed by atoms with Gasteiger partial charge < -0.3 is 10.2 Å². The van der Waals surface area contributed by atoms with Crippen molar-refractivity contribution in [1.82, 2.24) is 15.2 Å². The van der Waals surface area contributed by atoms with E-state index in [0.717, 1.165) is 24.8 Å². The molecule has 3 heteroatoms. The van der Waals surface area contributed by atoms with Gasteiger partial charge in [0, 0.05) is 24.5 Å². The molecule has 0 radical (unpaired) electrons. The van der Waals surface area contributed by atoms with Gasteiger partial charge in [0.2, 0.25) is 0 Å². The van der Waals surface area contributed by atoms with Crippen molar-refractivity contribution >= 4 is 0 Å². The number of rotatable bonds is 7. The van der Waals surface area contributed by atoms with Crippen molar-refractivity contribution in [3.05, 3.63) is 29.6 Å². The van der Waals surface area contributed by atoms with Gasteiger partial charge in [0.05, 0.1) is 0 Å². The zero-order valence-corrected chi connectivity index (χ0v) is 13.1. The molecule has 1 aliphatic carbocycles. The molecular formula is C17H29N3. The molecule has 112 valence electrons. The first-order valence-corrected chi connectivity index (χ1v) is 8.08. The maximum Gasteiger partial charge on any atom is 0.0372 e. The Labute approximate surface area is 123 Å². The first-order chi connectivity index (χ1) is 9.75. The topological polar surface area (TPSA) is 28.2 Å². The van der Waals surface area contributed by atoms with Gasteiger partial charge in [-0.25, -0.2) is 0 Å². The third kappa shape index (κ3) is 5.22. The van der Waals surface area contributed by atoms with Gasteiger partial charge in [0.25, 0.3) is 0 Å². The standard InChI is InChI=1S/C17H29N3/c1-15-9-10-16(14-19-15)13-18-11-6-12-20(2)17-7-4-3-5-8-17/h9-10,14,17-18H,3-8,11-13H2,1-2H3. The summed E-state index contributed by atoms with van der Waals surface area (Å²) in [6.07, 6.45) is 10.3. The highest BCUT2D eigenvalue weighted by molar-refractivity contribution is 5.12. The molecule has 1 aromatic rings. The second kappa shape index (κ2) is 8.38. The van der Waals surface area contributed by atoms with Crippen LogP contribution < -0.4 is 5.32 Å². The molecule has 1 aliphatic rings. The molecule has 1 saturated carbocycles. The lowest BCUT2D eigenvalue weighted by atomic mass is 9.94. The minimum absolute atomic E-state index is 0.838. The molecule has 0 bridgehead atoms. The zero-order chi connectivity index (χ0) is 14.2. The normalized spacial score (nSPS) is 16.8. The fourth-order valence-corrected chi connectivity index (χ4v) is 2.99. The van der Waals surface area contributed by atoms with Crippen molar-refractivity contribution in [2.45, 2.75) is 58.0 Å². The summed E-state index contributed by atoms with van der Waals surface area (Å²) in [5.74, 6) is 0. The minimum atomic E-state index is 0.838. The Morgan fingerprint density at radius 2 is 2.05 bits per heavy atom. The number of aryl methyl sites for hydroxylation is 1. The molecule has 0 spiro atoms. The molecule has 0 atom stereocenters. The summed E-state index contributed by atoms with van der Waals surface area (Å²) < 4.78 is 0. The molecule has 1 fully saturated rings. The van der Waals surface area contributed by atoms with Gasteiger partial charge in [-0.05, 0) is 58.0 Å². The summed E-state index contributed by atoms with van der Waals surface area (Å²) >= 11 is 0. The number of aromatic nitrogens is 1. The molecule has 1 heterocycles. The van der Waals surface area contributed by atoms with Crippen LogP contribution in [0.4, 0.5) is 0 Å². The predicted octanol–water partition coefficient (Wildman–Crippen LogP) is 3.13. The van der Waals surface area contributed by atoms with Crippen molar-refractivity contribution < 1.29 is 0 Å². The Hall–Kier alpha value is -0.930. The van der Waals surface area contributed by atoms with Crippen LogP contribution in [0.3, 0.4) is 0 Å². The largest absolute Gasteiger partial charge is 0.313 e. The molecule has 1 N–H and O–H groups in total. The molecule has 3 nitrogen and oxygen atoms in total. The average Bonchev–Trinajstić information content (AvgIpc) is 2.49. The van der Waals surface area contributed by atoms with Crippen molar-refractivity contribution in [3.8, 4) is 0 Å². The van der Waals surface area contributed by atoms with E-state index in [2.05, 4.69) is 34.4 Å². The fourth-order valence-electron chi connectivity index (χ4n) is 2.99. The van der Waals surface area contributed by atoms with Gasteiger partial charge in [-0.3, -0.25) is 4.98 Å². The quantitative estimate of drug-likeness (QED) is 0.775. The summed E-state index contributed by atoms with van der Waals surface area (Å²) in [6, 6.07) is 5.07. The van der Waals surface area contributed by atoms with Crippen LogP contribution in [0.15, 0.2) is 18.3 Å². The lowest BCUT2D eigenvalue weighted by Crippen LogP contribution is -2.35. The van der Waals surface area contributed by atoms with Gasteiger partial charge in [0.15, 0.2) is 0 Å². The first-order valence-electron chi connectivity index (χ1n) is 8.08. The summed E-state index contributed by atoms with van der Waals surface area (Å²) in [4.78, 5) is 6.88. The van der Waals surface area contributed by atoms with Crippen LogP contribution in [0, 0.1) is 6.92 Å². The average molecular weight is 275 g/mol. The van der Waals surface area contributed by atoms with Crippen LogP contribution in [0.5, 0.6) is 0 Å². The number of nitrogens with zero attached hydrogens (tertiary/aromatic N) is 2. The number of pyridine rings is 1. The predicted molar refractivity (Wildman–Crippen MR) is 84.8 cm³/mol. The first kappa shape index (κ1) is 15.5. The number of nitrogens with one attached hydrogen (secondary N) is 1. The van der Waals surface area contributed by atoms with Crippen molar-refractivity contribution in [1.29, 1.82) is 0 Å². The van der Waals surface area contributed by atoms with Crippen LogP contribution in [0.25, 0.3) is 0 Å². The Kier molecular flexibility index (Phi) is 6.48. The fraction of sp³-hybridized carbons (Fsp3) is 0.706. The maximum atomic E-state index is 4.32. The summed E-state index contributed by atoms with van der Waals surface area (Å²) in [6.45, 7) is 5.26. The molecular weight excluding hydrogens is 246 g/mol. The lowest BCUT2D eigenvalue weighted by molar-refractivity contribution is 0.189. The highest BCUT2D eigenvalue weighted by atomic mass is 15.1. The highest BCUT2D eigenvalue weighted by Gasteiger charge is 2.16. The molecule has 2 rings (SSSR count). The van der Waals surface area contributed by atoms with E-state index in [1.807, 2.05) is 13.1 Å². The van der Waals surface area contributed by atoms with Gasteiger partial charge in [0.1, 0.15) is 0 Å². The maximum absolute atomic E-state index is 4.32. The molecule has 0 aliphatic heterocycles. The van der Waals surface area contributed by atoms with E-state index >= 15 is 0 Å². The molecule has 0 amide bonds. The van der Waals surface area contributed by atoms with E-state index in [4.69, 9.17) is 0 Å². The number of hydrogen-bond donors (Lipinski definition) is 1. The van der Waals surface area contributed by atoms with Crippen molar-refractivity contribution in [2.24, 2.45) is 0 Å². The van der Waals surface area contributed by atoms with Crippen LogP contribution in [0.2, 0.25) is 0 Å². The molecule has 20 heavy (non-hydrogen) atoms. The molecule has 0 unspecified atom stereocenters. The summed E-state index contributed by atoms with van der Waals surface area (Å²) in [7, 11) is 2.29. The van der Waals surface area contributed by atoms with Crippen LogP contribution in [-0.4, -0.2) is 36.1 Å². The van der Waals surface area contributed by atoms with Gasteiger partial charge in [-0.2, -0.15) is 0 Å². The van der Waals surface area contributed by atoms with E-state index in [-0.39, 0.29) is 0 Å². The highest BCUT2D eigenvalue weighted by Crippen LogP contribution is 2.21. The monoisotopic (exact) mass is 275 g/mol. The van der Waals surface area contributed by atoms with Crippen molar-refractivity contribution in [3.63, 3.8) is 0 Å². The van der Waals surface area contributed by atoms with Gasteiger partial charge in [-0.15, -0.1) is 0 Å². The van der Waals surface area contributed by atoms with Crippen LogP contribution >= 0.6 is 0 Å². The second-order valence-electron chi connectivity index (χ2n) is 6.11. The zero-order valence-electron chi connectivity index (χ0n) is 13.1. The van der Waals surface area contributed by atoms with Gasteiger partial charge >= 0.3 is 0 Å². The smallest absolute Gasteiger partial charge is 0.0372 e. The molecule has 1 aromatic heterocycles. The van der Waals surface area contributed by atoms with Crippen molar-refractivity contribution in [2.75, 3.05) is 20.1 Å². The number of hydrogen-bond acceptors (Lipinski definition) is 3. The third-order valence-corrected chi connectivity index (χ3v) is 4.36. The summed E-state index contributed by atoms with van der Waals surface area (Å²) in [5.41, 5.74) is 2.36. The van der Waals surface area contributed by atoms with E-state index in [1.165, 1.54) is 50.6 Å². The summed E-state index contributed by atoms with van der Waals surface area (Å²) in [5, 5.41) is 3.51. The van der Waals surface area contributed by atoms with Crippen LogP contribution in [0.1, 0.15) is 49.8 Å². The Balaban J connectivity index is 1.55. The molecule has 0 saturated heterocycles. The molecule has 0 aromatic carbocycles. The second-order valence-corrected chi connectivity index (χ2v) is 6.11. The minimum Gasteiger partial charge on any atom is -0.313 e. The third-order valence-electron chi connectivity index (χ3n) is 4.36. The van der Waals surface area contributed by atoms with Crippen LogP contribution in [-0.2, 0) is 6.54 Å².